The molecule has 1 aromatic heterocycles. The van der Waals surface area contributed by atoms with Crippen molar-refractivity contribution in [3.8, 4) is 0 Å². The summed E-state index contributed by atoms with van der Waals surface area (Å²) in [4.78, 5) is 24.2. The zero-order valence-corrected chi connectivity index (χ0v) is 19.0. The number of nitrogens with zero attached hydrogens (tertiary/aromatic N) is 5. The highest BCUT2D eigenvalue weighted by atomic mass is 16.2. The molecule has 0 bridgehead atoms. The maximum Gasteiger partial charge on any atom is 0.236 e. The van der Waals surface area contributed by atoms with Crippen LogP contribution in [0.15, 0.2) is 42.7 Å². The van der Waals surface area contributed by atoms with Crippen LogP contribution < -0.4 is 0 Å². The standard InChI is InChI=1S/C25H37N5O/c1-2-24-26-10-13-29(24)19-18-27-14-16-28(17-15-27)21-25(31)30-11-8-23(9-12-30)20-22-6-4-3-5-7-22/h3-7,10,13,23H,2,8-9,11-12,14-21H2,1H3. The minimum absolute atomic E-state index is 0.317. The maximum absolute atomic E-state index is 12.8. The van der Waals surface area contributed by atoms with E-state index in [1.54, 1.807) is 0 Å². The van der Waals surface area contributed by atoms with Crippen LogP contribution in [0.2, 0.25) is 0 Å². The van der Waals surface area contributed by atoms with E-state index in [-0.39, 0.29) is 0 Å². The molecule has 0 saturated carbocycles. The molecule has 0 unspecified atom stereocenters. The highest BCUT2D eigenvalue weighted by molar-refractivity contribution is 5.78. The fourth-order valence-corrected chi connectivity index (χ4v) is 4.90. The van der Waals surface area contributed by atoms with Crippen LogP contribution in [-0.4, -0.2) is 82.5 Å². The number of hydrogen-bond donors (Lipinski definition) is 0. The third-order valence-corrected chi connectivity index (χ3v) is 6.93. The van der Waals surface area contributed by atoms with Crippen LogP contribution in [0.1, 0.15) is 31.2 Å². The quantitative estimate of drug-likeness (QED) is 0.655. The van der Waals surface area contributed by atoms with Crippen molar-refractivity contribution >= 4 is 5.91 Å². The first kappa shape index (κ1) is 22.0. The van der Waals surface area contributed by atoms with E-state index in [0.29, 0.717) is 18.4 Å². The maximum atomic E-state index is 12.8. The number of hydrogen-bond acceptors (Lipinski definition) is 4. The number of amides is 1. The van der Waals surface area contributed by atoms with E-state index >= 15 is 0 Å². The predicted molar refractivity (Wildman–Crippen MR) is 124 cm³/mol. The smallest absolute Gasteiger partial charge is 0.236 e. The molecule has 6 nitrogen and oxygen atoms in total. The van der Waals surface area contributed by atoms with Gasteiger partial charge in [0.1, 0.15) is 5.82 Å². The van der Waals surface area contributed by atoms with E-state index in [9.17, 15) is 4.79 Å². The highest BCUT2D eigenvalue weighted by Gasteiger charge is 2.25. The summed E-state index contributed by atoms with van der Waals surface area (Å²) in [6, 6.07) is 10.7. The van der Waals surface area contributed by atoms with Gasteiger partial charge >= 0.3 is 0 Å². The van der Waals surface area contributed by atoms with Crippen LogP contribution in [0.25, 0.3) is 0 Å². The minimum Gasteiger partial charge on any atom is -0.342 e. The normalized spacial score (nSPS) is 19.1. The van der Waals surface area contributed by atoms with Crippen LogP contribution in [0.3, 0.4) is 0 Å². The number of piperazine rings is 1. The minimum atomic E-state index is 0.317. The van der Waals surface area contributed by atoms with Crippen LogP contribution in [0.5, 0.6) is 0 Å². The van der Waals surface area contributed by atoms with E-state index in [1.807, 2.05) is 6.20 Å². The lowest BCUT2D eigenvalue weighted by Gasteiger charge is -2.37. The molecule has 2 aliphatic heterocycles. The van der Waals surface area contributed by atoms with Gasteiger partial charge < -0.3 is 9.47 Å². The average Bonchev–Trinajstić information content (AvgIpc) is 3.27. The SMILES string of the molecule is CCc1nccn1CCN1CCN(CC(=O)N2CCC(Cc3ccccc3)CC2)CC1. The lowest BCUT2D eigenvalue weighted by molar-refractivity contribution is -0.134. The van der Waals surface area contributed by atoms with Crippen LogP contribution in [0.4, 0.5) is 0 Å². The molecule has 6 heteroatoms. The summed E-state index contributed by atoms with van der Waals surface area (Å²) in [5.74, 6) is 2.19. The zero-order chi connectivity index (χ0) is 21.5. The summed E-state index contributed by atoms with van der Waals surface area (Å²) in [5, 5.41) is 0. The molecule has 0 spiro atoms. The number of carbonyl (C=O) groups is 1. The lowest BCUT2D eigenvalue weighted by atomic mass is 9.90. The molecule has 0 N–H and O–H groups in total. The number of piperidine rings is 1. The van der Waals surface area contributed by atoms with E-state index < -0.39 is 0 Å². The zero-order valence-electron chi connectivity index (χ0n) is 19.0. The van der Waals surface area contributed by atoms with Gasteiger partial charge in [0.05, 0.1) is 6.54 Å². The first-order valence-corrected chi connectivity index (χ1v) is 12.0. The van der Waals surface area contributed by atoms with Crippen molar-refractivity contribution in [3.05, 3.63) is 54.1 Å². The van der Waals surface area contributed by atoms with Crippen molar-refractivity contribution in [2.24, 2.45) is 5.92 Å². The van der Waals surface area contributed by atoms with Gasteiger partial charge in [-0.3, -0.25) is 14.6 Å². The van der Waals surface area contributed by atoms with Crippen molar-refractivity contribution in [3.63, 3.8) is 0 Å². The Morgan fingerprint density at radius 1 is 0.968 bits per heavy atom. The second-order valence-corrected chi connectivity index (χ2v) is 9.02. The third kappa shape index (κ3) is 6.17. The van der Waals surface area contributed by atoms with Crippen molar-refractivity contribution in [1.82, 2.24) is 24.3 Å². The van der Waals surface area contributed by atoms with Crippen LogP contribution in [-0.2, 0) is 24.2 Å². The molecule has 4 rings (SSSR count). The van der Waals surface area contributed by atoms with E-state index in [4.69, 9.17) is 0 Å². The Bertz CT molecular complexity index is 804. The molecule has 0 radical (unpaired) electrons. The third-order valence-electron chi connectivity index (χ3n) is 6.93. The Morgan fingerprint density at radius 3 is 2.39 bits per heavy atom. The molecule has 2 fully saturated rings. The Balaban J connectivity index is 1.13. The number of imidazole rings is 1. The average molecular weight is 424 g/mol. The Hall–Kier alpha value is -2.18. The number of rotatable bonds is 8. The van der Waals surface area contributed by atoms with Gasteiger partial charge in [-0.15, -0.1) is 0 Å². The fraction of sp³-hybridized carbons (Fsp3) is 0.600. The number of aromatic nitrogens is 2. The molecular formula is C25H37N5O. The Kier molecular flexibility index (Phi) is 7.76. The Morgan fingerprint density at radius 2 is 1.68 bits per heavy atom. The lowest BCUT2D eigenvalue weighted by Crippen LogP contribution is -2.51. The number of likely N-dealkylation sites (tertiary alicyclic amines) is 1. The van der Waals surface area contributed by atoms with Gasteiger partial charge in [0, 0.05) is 71.2 Å². The van der Waals surface area contributed by atoms with Crippen LogP contribution >= 0.6 is 0 Å². The van der Waals surface area contributed by atoms with E-state index in [0.717, 1.165) is 83.9 Å². The number of benzene rings is 1. The molecule has 0 aliphatic carbocycles. The van der Waals surface area contributed by atoms with Crippen molar-refractivity contribution in [2.75, 3.05) is 52.4 Å². The molecule has 31 heavy (non-hydrogen) atoms. The van der Waals surface area contributed by atoms with Crippen molar-refractivity contribution in [1.29, 1.82) is 0 Å². The molecule has 0 atom stereocenters. The van der Waals surface area contributed by atoms with Gasteiger partial charge in [-0.2, -0.15) is 0 Å². The topological polar surface area (TPSA) is 44.6 Å². The van der Waals surface area contributed by atoms with Crippen LogP contribution in [0, 0.1) is 5.92 Å². The van der Waals surface area contributed by atoms with Gasteiger partial charge in [0.25, 0.3) is 0 Å². The summed E-state index contributed by atoms with van der Waals surface area (Å²) in [7, 11) is 0. The van der Waals surface area contributed by atoms with E-state index in [1.165, 1.54) is 5.56 Å². The Labute approximate surface area is 186 Å². The summed E-state index contributed by atoms with van der Waals surface area (Å²) >= 11 is 0. The largest absolute Gasteiger partial charge is 0.342 e. The summed E-state index contributed by atoms with van der Waals surface area (Å²) in [6.07, 6.45) is 8.35. The van der Waals surface area contributed by atoms with Crippen molar-refractivity contribution in [2.45, 2.75) is 39.2 Å². The predicted octanol–water partition coefficient (Wildman–Crippen LogP) is 2.54. The van der Waals surface area contributed by atoms with Gasteiger partial charge in [-0.1, -0.05) is 37.3 Å². The monoisotopic (exact) mass is 423 g/mol. The number of carbonyl (C=O) groups excluding carboxylic acids is 1. The second-order valence-electron chi connectivity index (χ2n) is 9.02. The molecule has 2 aliphatic rings. The van der Waals surface area contributed by atoms with Gasteiger partial charge in [0.15, 0.2) is 0 Å². The van der Waals surface area contributed by atoms with Gasteiger partial charge in [-0.25, -0.2) is 4.98 Å². The molecule has 168 valence electrons. The van der Waals surface area contributed by atoms with Gasteiger partial charge in [-0.05, 0) is 30.7 Å². The molecule has 2 saturated heterocycles. The summed E-state index contributed by atoms with van der Waals surface area (Å²) < 4.78 is 2.26. The summed E-state index contributed by atoms with van der Waals surface area (Å²) in [6.45, 7) is 10.7. The molecular weight excluding hydrogens is 386 g/mol. The molecule has 1 aromatic carbocycles. The van der Waals surface area contributed by atoms with Gasteiger partial charge in [0.2, 0.25) is 5.91 Å². The molecule has 3 heterocycles. The first-order chi connectivity index (χ1) is 15.2. The molecule has 1 amide bonds. The summed E-state index contributed by atoms with van der Waals surface area (Å²) in [5.41, 5.74) is 1.42. The fourth-order valence-electron chi connectivity index (χ4n) is 4.90. The van der Waals surface area contributed by atoms with E-state index in [2.05, 4.69) is 67.7 Å². The second kappa shape index (κ2) is 10.9. The van der Waals surface area contributed by atoms with Crippen molar-refractivity contribution < 1.29 is 4.79 Å². The molecule has 2 aromatic rings. The highest BCUT2D eigenvalue weighted by Crippen LogP contribution is 2.22. The number of aryl methyl sites for hydroxylation is 1. The first-order valence-electron chi connectivity index (χ1n) is 12.0.